The third kappa shape index (κ3) is 3.98. The Morgan fingerprint density at radius 2 is 1.80 bits per heavy atom. The van der Waals surface area contributed by atoms with Gasteiger partial charge in [0.25, 0.3) is 5.91 Å². The van der Waals surface area contributed by atoms with Crippen molar-refractivity contribution in [2.45, 2.75) is 0 Å². The molecule has 6 heteroatoms. The van der Waals surface area contributed by atoms with E-state index >= 15 is 0 Å². The van der Waals surface area contributed by atoms with E-state index in [4.69, 9.17) is 5.26 Å². The molecule has 0 atom stereocenters. The molecule has 1 amide bonds. The number of nitrogens with one attached hydrogen (secondary N) is 2. The van der Waals surface area contributed by atoms with Crippen LogP contribution in [0.3, 0.4) is 0 Å². The molecule has 0 bridgehead atoms. The van der Waals surface area contributed by atoms with Gasteiger partial charge < -0.3 is 10.6 Å². The van der Waals surface area contributed by atoms with E-state index in [9.17, 15) is 9.18 Å². The van der Waals surface area contributed by atoms with Crippen LogP contribution in [0.1, 0.15) is 16.1 Å². The van der Waals surface area contributed by atoms with Crippen LogP contribution in [0.4, 0.5) is 21.5 Å². The maximum absolute atomic E-state index is 13.0. The fourth-order valence-corrected chi connectivity index (χ4v) is 2.21. The van der Waals surface area contributed by atoms with Crippen LogP contribution in [-0.4, -0.2) is 10.9 Å². The van der Waals surface area contributed by atoms with E-state index in [1.165, 1.54) is 18.3 Å². The zero-order chi connectivity index (χ0) is 17.6. The number of hydrogen-bond donors (Lipinski definition) is 2. The van der Waals surface area contributed by atoms with E-state index in [1.807, 2.05) is 6.07 Å². The van der Waals surface area contributed by atoms with Gasteiger partial charge in [-0.1, -0.05) is 12.1 Å². The third-order valence-corrected chi connectivity index (χ3v) is 3.42. The van der Waals surface area contributed by atoms with E-state index in [2.05, 4.69) is 15.6 Å². The molecule has 0 aliphatic carbocycles. The third-order valence-electron chi connectivity index (χ3n) is 3.42. The second kappa shape index (κ2) is 7.23. The van der Waals surface area contributed by atoms with Crippen LogP contribution in [0.15, 0.2) is 66.9 Å². The smallest absolute Gasteiger partial charge is 0.274 e. The average Bonchev–Trinajstić information content (AvgIpc) is 2.64. The summed E-state index contributed by atoms with van der Waals surface area (Å²) in [5, 5.41) is 14.8. The van der Waals surface area contributed by atoms with Crippen molar-refractivity contribution in [2.24, 2.45) is 0 Å². The first-order chi connectivity index (χ1) is 12.2. The average molecular weight is 332 g/mol. The number of hydrogen-bond acceptors (Lipinski definition) is 4. The summed E-state index contributed by atoms with van der Waals surface area (Å²) in [6, 6.07) is 17.9. The van der Waals surface area contributed by atoms with Crippen molar-refractivity contribution in [1.82, 2.24) is 4.98 Å². The Morgan fingerprint density at radius 1 is 1.04 bits per heavy atom. The lowest BCUT2D eigenvalue weighted by Gasteiger charge is -2.09. The number of aromatic nitrogens is 1. The minimum Gasteiger partial charge on any atom is -0.355 e. The topological polar surface area (TPSA) is 77.8 Å². The van der Waals surface area contributed by atoms with Gasteiger partial charge in [0.2, 0.25) is 0 Å². The van der Waals surface area contributed by atoms with Crippen LogP contribution >= 0.6 is 0 Å². The summed E-state index contributed by atoms with van der Waals surface area (Å²) in [4.78, 5) is 16.4. The highest BCUT2D eigenvalue weighted by molar-refractivity contribution is 6.04. The van der Waals surface area contributed by atoms with Crippen molar-refractivity contribution in [3.63, 3.8) is 0 Å². The summed E-state index contributed by atoms with van der Waals surface area (Å²) in [5.41, 5.74) is 2.32. The molecule has 122 valence electrons. The molecule has 1 aromatic heterocycles. The molecular weight excluding hydrogens is 319 g/mol. The Kier molecular flexibility index (Phi) is 4.67. The number of para-hydroxylation sites is 1. The van der Waals surface area contributed by atoms with E-state index in [0.717, 1.165) is 0 Å². The number of carbonyl (C=O) groups is 1. The normalized spacial score (nSPS) is 9.92. The number of anilines is 3. The molecule has 2 N–H and O–H groups in total. The monoisotopic (exact) mass is 332 g/mol. The Balaban J connectivity index is 1.77. The van der Waals surface area contributed by atoms with Crippen molar-refractivity contribution in [2.75, 3.05) is 10.6 Å². The SMILES string of the molecule is N#Cc1ccccc1NC(=O)c1cc(Nc2ccc(F)cc2)ccn1. The van der Waals surface area contributed by atoms with Gasteiger partial charge in [-0.05, 0) is 48.5 Å². The fraction of sp³-hybridized carbons (Fsp3) is 0. The Labute approximate surface area is 143 Å². The molecule has 0 unspecified atom stereocenters. The summed E-state index contributed by atoms with van der Waals surface area (Å²) in [6.07, 6.45) is 1.50. The largest absolute Gasteiger partial charge is 0.355 e. The van der Waals surface area contributed by atoms with E-state index in [1.54, 1.807) is 48.5 Å². The molecule has 0 radical (unpaired) electrons. The number of nitrogens with zero attached hydrogens (tertiary/aromatic N) is 2. The lowest BCUT2D eigenvalue weighted by molar-refractivity contribution is 0.102. The minimum absolute atomic E-state index is 0.194. The van der Waals surface area contributed by atoms with E-state index in [0.29, 0.717) is 22.6 Å². The van der Waals surface area contributed by atoms with Crippen LogP contribution in [0, 0.1) is 17.1 Å². The molecule has 0 saturated heterocycles. The Hall–Kier alpha value is -3.72. The minimum atomic E-state index is -0.426. The van der Waals surface area contributed by atoms with E-state index < -0.39 is 5.91 Å². The van der Waals surface area contributed by atoms with Crippen molar-refractivity contribution in [1.29, 1.82) is 5.26 Å². The Bertz CT molecular complexity index is 948. The summed E-state index contributed by atoms with van der Waals surface area (Å²) >= 11 is 0. The predicted molar refractivity (Wildman–Crippen MR) is 93.0 cm³/mol. The van der Waals surface area contributed by atoms with Gasteiger partial charge in [-0.15, -0.1) is 0 Å². The molecule has 0 spiro atoms. The zero-order valence-electron chi connectivity index (χ0n) is 13.0. The number of amides is 1. The first-order valence-electron chi connectivity index (χ1n) is 7.45. The van der Waals surface area contributed by atoms with Gasteiger partial charge in [0.05, 0.1) is 11.3 Å². The molecule has 0 aliphatic rings. The lowest BCUT2D eigenvalue weighted by Crippen LogP contribution is -2.14. The molecule has 1 heterocycles. The summed E-state index contributed by atoms with van der Waals surface area (Å²) in [5.74, 6) is -0.748. The van der Waals surface area contributed by atoms with Crippen molar-refractivity contribution >= 4 is 23.0 Å². The van der Waals surface area contributed by atoms with Gasteiger partial charge >= 0.3 is 0 Å². The summed E-state index contributed by atoms with van der Waals surface area (Å²) in [6.45, 7) is 0. The van der Waals surface area contributed by atoms with Crippen molar-refractivity contribution < 1.29 is 9.18 Å². The standard InChI is InChI=1S/C19H13FN4O/c20-14-5-7-15(8-6-14)23-16-9-10-22-18(11-16)19(25)24-17-4-2-1-3-13(17)12-21/h1-11H,(H,22,23)(H,24,25). The molecule has 0 saturated carbocycles. The maximum Gasteiger partial charge on any atom is 0.274 e. The van der Waals surface area contributed by atoms with Gasteiger partial charge in [0.15, 0.2) is 0 Å². The number of pyridine rings is 1. The quantitative estimate of drug-likeness (QED) is 0.754. The number of halogens is 1. The van der Waals surface area contributed by atoms with Gasteiger partial charge in [0, 0.05) is 17.6 Å². The highest BCUT2D eigenvalue weighted by Crippen LogP contribution is 2.19. The van der Waals surface area contributed by atoms with Crippen LogP contribution < -0.4 is 10.6 Å². The fourth-order valence-electron chi connectivity index (χ4n) is 2.21. The molecule has 2 aromatic carbocycles. The van der Waals surface area contributed by atoms with Crippen molar-refractivity contribution in [3.05, 3.63) is 83.9 Å². The highest BCUT2D eigenvalue weighted by atomic mass is 19.1. The number of carbonyl (C=O) groups excluding carboxylic acids is 1. The summed E-state index contributed by atoms with van der Waals surface area (Å²) in [7, 11) is 0. The second-order valence-corrected chi connectivity index (χ2v) is 5.17. The van der Waals surface area contributed by atoms with Crippen molar-refractivity contribution in [3.8, 4) is 6.07 Å². The predicted octanol–water partition coefficient (Wildman–Crippen LogP) is 4.09. The van der Waals surface area contributed by atoms with E-state index in [-0.39, 0.29) is 11.5 Å². The Morgan fingerprint density at radius 3 is 2.56 bits per heavy atom. The van der Waals surface area contributed by atoms with Gasteiger partial charge in [-0.25, -0.2) is 4.39 Å². The first kappa shape index (κ1) is 16.1. The maximum atomic E-state index is 13.0. The van der Waals surface area contributed by atoms with Crippen LogP contribution in [0.5, 0.6) is 0 Å². The van der Waals surface area contributed by atoms with Gasteiger partial charge in [0.1, 0.15) is 17.6 Å². The summed E-state index contributed by atoms with van der Waals surface area (Å²) < 4.78 is 13.0. The lowest BCUT2D eigenvalue weighted by atomic mass is 10.2. The molecule has 0 aliphatic heterocycles. The van der Waals surface area contributed by atoms with Gasteiger partial charge in [-0.2, -0.15) is 5.26 Å². The molecule has 5 nitrogen and oxygen atoms in total. The molecule has 3 aromatic rings. The highest BCUT2D eigenvalue weighted by Gasteiger charge is 2.11. The van der Waals surface area contributed by atoms with Gasteiger partial charge in [-0.3, -0.25) is 9.78 Å². The van der Waals surface area contributed by atoms with Crippen LogP contribution in [-0.2, 0) is 0 Å². The molecule has 25 heavy (non-hydrogen) atoms. The van der Waals surface area contributed by atoms with Crippen LogP contribution in [0.2, 0.25) is 0 Å². The van der Waals surface area contributed by atoms with Crippen LogP contribution in [0.25, 0.3) is 0 Å². The zero-order valence-corrected chi connectivity index (χ0v) is 13.0. The first-order valence-corrected chi connectivity index (χ1v) is 7.45. The molecule has 3 rings (SSSR count). The molecular formula is C19H13FN4O. The number of benzene rings is 2. The second-order valence-electron chi connectivity index (χ2n) is 5.17. The molecule has 0 fully saturated rings. The number of rotatable bonds is 4. The number of nitriles is 1.